The lowest BCUT2D eigenvalue weighted by atomic mass is 9.93. The van der Waals surface area contributed by atoms with Crippen LogP contribution < -0.4 is 10.0 Å². The van der Waals surface area contributed by atoms with Gasteiger partial charge in [-0.1, -0.05) is 88.2 Å². The number of hydrazone groups is 2. The molecular formula is C31H25BrN4O2S. The van der Waals surface area contributed by atoms with Crippen molar-refractivity contribution in [3.63, 3.8) is 0 Å². The number of carbonyl (C=O) groups excluding carboxylic acids is 1. The van der Waals surface area contributed by atoms with Gasteiger partial charge in [0, 0.05) is 21.2 Å². The van der Waals surface area contributed by atoms with Gasteiger partial charge < -0.3 is 4.74 Å². The lowest BCUT2D eigenvalue weighted by Gasteiger charge is -2.47. The summed E-state index contributed by atoms with van der Waals surface area (Å²) in [4.78, 5) is 12.1. The Balaban J connectivity index is 1.64. The quantitative estimate of drug-likeness (QED) is 0.227. The van der Waals surface area contributed by atoms with Crippen LogP contribution in [0.1, 0.15) is 29.2 Å². The maximum atomic E-state index is 13.1. The second-order valence-corrected chi connectivity index (χ2v) is 11.2. The van der Waals surface area contributed by atoms with Crippen LogP contribution in [-0.2, 0) is 14.5 Å². The number of esters is 1. The number of nitrogens with zero attached hydrogens (tertiary/aromatic N) is 4. The number of para-hydroxylation sites is 1. The van der Waals surface area contributed by atoms with Gasteiger partial charge in [-0.2, -0.15) is 10.2 Å². The molecule has 2 aliphatic rings. The van der Waals surface area contributed by atoms with Crippen molar-refractivity contribution in [1.29, 1.82) is 0 Å². The lowest BCUT2D eigenvalue weighted by molar-refractivity contribution is -0.134. The lowest BCUT2D eigenvalue weighted by Crippen LogP contribution is -2.54. The first-order valence-corrected chi connectivity index (χ1v) is 14.2. The van der Waals surface area contributed by atoms with Gasteiger partial charge in [-0.25, -0.2) is 14.8 Å². The first kappa shape index (κ1) is 25.4. The largest absolute Gasteiger partial charge is 0.461 e. The van der Waals surface area contributed by atoms with E-state index >= 15 is 0 Å². The van der Waals surface area contributed by atoms with Crippen LogP contribution >= 0.6 is 27.7 Å². The van der Waals surface area contributed by atoms with Gasteiger partial charge >= 0.3 is 5.97 Å². The van der Waals surface area contributed by atoms with Gasteiger partial charge in [0.15, 0.2) is 0 Å². The van der Waals surface area contributed by atoms with Crippen molar-refractivity contribution in [3.05, 3.63) is 130 Å². The topological polar surface area (TPSA) is 57.5 Å². The second-order valence-electron chi connectivity index (χ2n) is 9.13. The van der Waals surface area contributed by atoms with E-state index in [4.69, 9.17) is 14.9 Å². The van der Waals surface area contributed by atoms with E-state index in [1.54, 1.807) is 6.92 Å². The highest BCUT2D eigenvalue weighted by Crippen LogP contribution is 2.55. The van der Waals surface area contributed by atoms with E-state index in [1.807, 2.05) is 95.8 Å². The first-order valence-electron chi connectivity index (χ1n) is 12.6. The van der Waals surface area contributed by atoms with Crippen molar-refractivity contribution in [2.45, 2.75) is 18.8 Å². The molecule has 0 amide bonds. The Kier molecular flexibility index (Phi) is 6.74. The molecular weight excluding hydrogens is 572 g/mol. The third kappa shape index (κ3) is 4.43. The van der Waals surface area contributed by atoms with E-state index in [-0.39, 0.29) is 11.7 Å². The summed E-state index contributed by atoms with van der Waals surface area (Å²) >= 11 is 4.90. The van der Waals surface area contributed by atoms with Gasteiger partial charge in [0.1, 0.15) is 0 Å². The predicted octanol–water partition coefficient (Wildman–Crippen LogP) is 7.27. The van der Waals surface area contributed by atoms with E-state index in [0.717, 1.165) is 43.8 Å². The molecule has 2 aliphatic heterocycles. The van der Waals surface area contributed by atoms with Crippen LogP contribution in [0.15, 0.2) is 118 Å². The third-order valence-electron chi connectivity index (χ3n) is 6.58. The fourth-order valence-corrected chi connectivity index (χ4v) is 6.34. The molecule has 0 aromatic heterocycles. The number of anilines is 2. The Labute approximate surface area is 240 Å². The summed E-state index contributed by atoms with van der Waals surface area (Å²) in [5.41, 5.74) is 6.59. The molecule has 6 nitrogen and oxygen atoms in total. The molecule has 4 aromatic carbocycles. The number of thioether (sulfide) groups is 1. The number of rotatable bonds is 5. The van der Waals surface area contributed by atoms with Crippen LogP contribution in [0.2, 0.25) is 0 Å². The minimum atomic E-state index is -1.02. The van der Waals surface area contributed by atoms with Gasteiger partial charge in [0.25, 0.3) is 0 Å². The Morgan fingerprint density at radius 1 is 0.846 bits per heavy atom. The maximum absolute atomic E-state index is 13.1. The molecule has 1 atom stereocenters. The zero-order valence-electron chi connectivity index (χ0n) is 21.4. The monoisotopic (exact) mass is 596 g/mol. The zero-order valence-corrected chi connectivity index (χ0v) is 23.8. The van der Waals surface area contributed by atoms with E-state index < -0.39 is 11.0 Å². The Hall–Kier alpha value is -3.88. The van der Waals surface area contributed by atoms with Crippen LogP contribution in [0.25, 0.3) is 0 Å². The summed E-state index contributed by atoms with van der Waals surface area (Å²) in [6.07, 6.45) is 0. The van der Waals surface area contributed by atoms with Crippen LogP contribution in [-0.4, -0.2) is 23.3 Å². The van der Waals surface area contributed by atoms with E-state index in [1.165, 1.54) is 11.8 Å². The minimum Gasteiger partial charge on any atom is -0.461 e. The average Bonchev–Trinajstić information content (AvgIpc) is 3.36. The molecule has 0 radical (unpaired) electrons. The third-order valence-corrected chi connectivity index (χ3v) is 8.40. The summed E-state index contributed by atoms with van der Waals surface area (Å²) in [6, 6.07) is 34.5. The van der Waals surface area contributed by atoms with Gasteiger partial charge in [-0.3, -0.25) is 0 Å². The number of carbonyl (C=O) groups is 1. The highest BCUT2D eigenvalue weighted by Gasteiger charge is 2.56. The van der Waals surface area contributed by atoms with Gasteiger partial charge in [0.2, 0.25) is 10.0 Å². The standard InChI is InChI=1S/C31H25BrN4O2S/c1-3-38-30(37)29-34-36(25-19-13-21(2)14-20-25)31(39-29)27-12-8-7-11-26(27)28(22-15-17-23(32)18-16-22)33-35(31)24-9-5-4-6-10-24/h4-20H,3H2,1-2H3/t31-/m0/s1. The fourth-order valence-electron chi connectivity index (χ4n) is 4.79. The summed E-state index contributed by atoms with van der Waals surface area (Å²) < 4.78 is 6.41. The molecule has 0 fully saturated rings. The SMILES string of the molecule is CCOC(=O)C1=NN(c2ccc(C)cc2)[C@]2(S1)c1ccccc1C(c1ccc(Br)cc1)=NN2c1ccccc1. The molecule has 2 heterocycles. The van der Waals surface area contributed by atoms with Gasteiger partial charge in [0.05, 0.1) is 23.7 Å². The van der Waals surface area contributed by atoms with Crippen molar-refractivity contribution < 1.29 is 9.53 Å². The maximum Gasteiger partial charge on any atom is 0.365 e. The van der Waals surface area contributed by atoms with Crippen molar-refractivity contribution >= 4 is 55.8 Å². The van der Waals surface area contributed by atoms with Crippen molar-refractivity contribution in [2.75, 3.05) is 16.6 Å². The van der Waals surface area contributed by atoms with E-state index in [9.17, 15) is 4.79 Å². The summed E-state index contributed by atoms with van der Waals surface area (Å²) in [5, 5.41) is 14.3. The van der Waals surface area contributed by atoms with Crippen molar-refractivity contribution in [1.82, 2.24) is 0 Å². The summed E-state index contributed by atoms with van der Waals surface area (Å²) in [5.74, 6) is -0.454. The van der Waals surface area contributed by atoms with Crippen LogP contribution in [0.3, 0.4) is 0 Å². The van der Waals surface area contributed by atoms with Gasteiger partial charge in [-0.05, 0) is 62.0 Å². The smallest absolute Gasteiger partial charge is 0.365 e. The highest BCUT2D eigenvalue weighted by molar-refractivity contribution is 9.10. The van der Waals surface area contributed by atoms with Crippen LogP contribution in [0.4, 0.5) is 11.4 Å². The Bertz CT molecular complexity index is 1590. The van der Waals surface area contributed by atoms with Crippen molar-refractivity contribution in [3.8, 4) is 0 Å². The zero-order chi connectivity index (χ0) is 27.0. The predicted molar refractivity (Wildman–Crippen MR) is 162 cm³/mol. The molecule has 0 aliphatic carbocycles. The molecule has 194 valence electrons. The molecule has 0 bridgehead atoms. The molecule has 6 rings (SSSR count). The number of ether oxygens (including phenoxy) is 1. The number of benzene rings is 4. The number of hydrogen-bond donors (Lipinski definition) is 0. The first-order chi connectivity index (χ1) is 19.0. The van der Waals surface area contributed by atoms with Crippen molar-refractivity contribution in [2.24, 2.45) is 10.2 Å². The van der Waals surface area contributed by atoms with E-state index in [0.29, 0.717) is 0 Å². The Morgan fingerprint density at radius 2 is 1.49 bits per heavy atom. The number of halogens is 1. The van der Waals surface area contributed by atoms with Crippen LogP contribution in [0.5, 0.6) is 0 Å². The number of hydrogen-bond acceptors (Lipinski definition) is 7. The minimum absolute atomic E-state index is 0.265. The highest BCUT2D eigenvalue weighted by atomic mass is 79.9. The van der Waals surface area contributed by atoms with Gasteiger partial charge in [-0.15, -0.1) is 0 Å². The molecule has 8 heteroatoms. The van der Waals surface area contributed by atoms with E-state index in [2.05, 4.69) is 40.2 Å². The molecule has 1 spiro atoms. The average molecular weight is 598 g/mol. The second kappa shape index (κ2) is 10.4. The molecule has 0 unspecified atom stereocenters. The number of fused-ring (bicyclic) bond motifs is 2. The molecule has 0 saturated heterocycles. The molecule has 4 aromatic rings. The Morgan fingerprint density at radius 3 is 2.21 bits per heavy atom. The summed E-state index contributed by atoms with van der Waals surface area (Å²) in [6.45, 7) is 4.11. The molecule has 0 saturated carbocycles. The fraction of sp³-hybridized carbons (Fsp3) is 0.129. The normalized spacial score (nSPS) is 18.0. The summed E-state index contributed by atoms with van der Waals surface area (Å²) in [7, 11) is 0. The number of aryl methyl sites for hydroxylation is 1. The molecule has 39 heavy (non-hydrogen) atoms. The van der Waals surface area contributed by atoms with Crippen LogP contribution in [0, 0.1) is 6.92 Å². The molecule has 0 N–H and O–H groups in total.